The molecule has 0 N–H and O–H groups in total. The molecule has 2 rings (SSSR count). The number of pyridine rings is 1. The van der Waals surface area contributed by atoms with Gasteiger partial charge in [-0.05, 0) is 17.7 Å². The van der Waals surface area contributed by atoms with Gasteiger partial charge in [-0.1, -0.05) is 36.4 Å². The number of nitro groups is 1. The minimum Gasteiger partial charge on any atom is -0.259 e. The van der Waals surface area contributed by atoms with Crippen molar-refractivity contribution in [1.29, 1.82) is 0 Å². The quantitative estimate of drug-likeness (QED) is 0.597. The Morgan fingerprint density at radius 1 is 1.12 bits per heavy atom. The second-order valence-corrected chi connectivity index (χ2v) is 3.41. The van der Waals surface area contributed by atoms with Crippen LogP contribution in [-0.4, -0.2) is 9.91 Å². The summed E-state index contributed by atoms with van der Waals surface area (Å²) in [6, 6.07) is 14.5. The fraction of sp³-hybridized carbons (Fsp3) is 0. The smallest absolute Gasteiger partial charge is 0.244 e. The van der Waals surface area contributed by atoms with Crippen LogP contribution in [0.4, 0.5) is 0 Å². The van der Waals surface area contributed by atoms with Gasteiger partial charge in [-0.2, -0.15) is 0 Å². The topological polar surface area (TPSA) is 56.0 Å². The lowest BCUT2D eigenvalue weighted by atomic mass is 10.0. The van der Waals surface area contributed by atoms with Crippen molar-refractivity contribution >= 4 is 5.57 Å². The molecule has 2 aromatic rings. The van der Waals surface area contributed by atoms with Gasteiger partial charge in [0.25, 0.3) is 0 Å². The molecule has 17 heavy (non-hydrogen) atoms. The van der Waals surface area contributed by atoms with Crippen LogP contribution in [-0.2, 0) is 0 Å². The molecule has 0 amide bonds. The predicted octanol–water partition coefficient (Wildman–Crippen LogP) is 2.75. The van der Waals surface area contributed by atoms with Crippen LogP contribution in [0.25, 0.3) is 5.57 Å². The number of nitrogens with zero attached hydrogens (tertiary/aromatic N) is 2. The molecule has 0 saturated carbocycles. The molecule has 0 bridgehead atoms. The molecule has 1 heterocycles. The van der Waals surface area contributed by atoms with Gasteiger partial charge >= 0.3 is 0 Å². The highest BCUT2D eigenvalue weighted by Gasteiger charge is 2.09. The van der Waals surface area contributed by atoms with Gasteiger partial charge in [0.2, 0.25) is 6.20 Å². The third kappa shape index (κ3) is 2.75. The van der Waals surface area contributed by atoms with E-state index in [2.05, 4.69) is 4.98 Å². The van der Waals surface area contributed by atoms with E-state index in [1.165, 1.54) is 0 Å². The fourth-order valence-electron chi connectivity index (χ4n) is 1.53. The van der Waals surface area contributed by atoms with Crippen LogP contribution < -0.4 is 0 Å². The maximum absolute atomic E-state index is 10.7. The molecule has 0 radical (unpaired) electrons. The Labute approximate surface area is 98.4 Å². The van der Waals surface area contributed by atoms with Gasteiger partial charge in [-0.3, -0.25) is 15.1 Å². The van der Waals surface area contributed by atoms with Crippen LogP contribution in [0.2, 0.25) is 0 Å². The van der Waals surface area contributed by atoms with E-state index >= 15 is 0 Å². The first-order valence-electron chi connectivity index (χ1n) is 5.09. The zero-order valence-electron chi connectivity index (χ0n) is 8.98. The second-order valence-electron chi connectivity index (χ2n) is 3.41. The maximum atomic E-state index is 10.7. The van der Waals surface area contributed by atoms with E-state index in [-0.39, 0.29) is 0 Å². The van der Waals surface area contributed by atoms with Crippen molar-refractivity contribution < 1.29 is 4.92 Å². The Bertz CT molecular complexity index is 494. The van der Waals surface area contributed by atoms with Gasteiger partial charge in [0, 0.05) is 6.20 Å². The first-order chi connectivity index (χ1) is 8.27. The Hall–Kier alpha value is -2.49. The zero-order valence-corrected chi connectivity index (χ0v) is 8.98. The third-order valence-electron chi connectivity index (χ3n) is 2.26. The number of hydrogen-bond acceptors (Lipinski definition) is 3. The van der Waals surface area contributed by atoms with E-state index < -0.39 is 4.92 Å². The highest BCUT2D eigenvalue weighted by atomic mass is 16.6. The first-order valence-corrected chi connectivity index (χ1v) is 5.09. The van der Waals surface area contributed by atoms with E-state index in [4.69, 9.17) is 0 Å². The van der Waals surface area contributed by atoms with E-state index in [9.17, 15) is 10.1 Å². The largest absolute Gasteiger partial charge is 0.259 e. The van der Waals surface area contributed by atoms with Crippen molar-refractivity contribution in [3.05, 3.63) is 82.3 Å². The van der Waals surface area contributed by atoms with Gasteiger partial charge in [0.1, 0.15) is 0 Å². The molecule has 0 saturated heterocycles. The maximum Gasteiger partial charge on any atom is 0.244 e. The molecule has 4 heteroatoms. The molecule has 0 spiro atoms. The summed E-state index contributed by atoms with van der Waals surface area (Å²) in [7, 11) is 0. The molecule has 0 aliphatic rings. The number of hydrogen-bond donors (Lipinski definition) is 0. The van der Waals surface area contributed by atoms with Crippen molar-refractivity contribution in [2.75, 3.05) is 0 Å². The molecule has 0 atom stereocenters. The standard InChI is InChI=1S/C13H10N2O2/c16-15(17)10-12(11-6-2-1-3-7-11)13-8-4-5-9-14-13/h1-10H/b12-10-. The minimum atomic E-state index is -0.461. The summed E-state index contributed by atoms with van der Waals surface area (Å²) in [6.07, 6.45) is 2.60. The van der Waals surface area contributed by atoms with Crippen LogP contribution in [0, 0.1) is 10.1 Å². The van der Waals surface area contributed by atoms with E-state index in [1.807, 2.05) is 30.3 Å². The highest BCUT2D eigenvalue weighted by Crippen LogP contribution is 2.20. The summed E-state index contributed by atoms with van der Waals surface area (Å²) in [4.78, 5) is 14.3. The molecule has 0 aliphatic heterocycles. The monoisotopic (exact) mass is 226 g/mol. The Kier molecular flexibility index (Phi) is 3.25. The third-order valence-corrected chi connectivity index (χ3v) is 2.26. The molecule has 84 valence electrons. The van der Waals surface area contributed by atoms with Crippen molar-refractivity contribution in [2.45, 2.75) is 0 Å². The summed E-state index contributed by atoms with van der Waals surface area (Å²) >= 11 is 0. The first kappa shape index (κ1) is 11.0. The van der Waals surface area contributed by atoms with Crippen LogP contribution in [0.5, 0.6) is 0 Å². The Morgan fingerprint density at radius 3 is 2.41 bits per heavy atom. The molecule has 1 aromatic carbocycles. The van der Waals surface area contributed by atoms with Gasteiger partial charge in [-0.25, -0.2) is 0 Å². The number of aromatic nitrogens is 1. The summed E-state index contributed by atoms with van der Waals surface area (Å²) in [5.74, 6) is 0. The summed E-state index contributed by atoms with van der Waals surface area (Å²) < 4.78 is 0. The molecular weight excluding hydrogens is 216 g/mol. The van der Waals surface area contributed by atoms with Gasteiger partial charge in [0.05, 0.1) is 16.2 Å². The van der Waals surface area contributed by atoms with Crippen LogP contribution in [0.1, 0.15) is 11.3 Å². The van der Waals surface area contributed by atoms with Crippen LogP contribution in [0.3, 0.4) is 0 Å². The molecule has 0 fully saturated rings. The van der Waals surface area contributed by atoms with Gasteiger partial charge in [0.15, 0.2) is 0 Å². The normalized spacial score (nSPS) is 11.2. The van der Waals surface area contributed by atoms with Crippen molar-refractivity contribution in [3.63, 3.8) is 0 Å². The summed E-state index contributed by atoms with van der Waals surface area (Å²) in [6.45, 7) is 0. The Morgan fingerprint density at radius 2 is 1.82 bits per heavy atom. The van der Waals surface area contributed by atoms with Gasteiger partial charge in [-0.15, -0.1) is 0 Å². The van der Waals surface area contributed by atoms with Crippen LogP contribution in [0.15, 0.2) is 60.9 Å². The van der Waals surface area contributed by atoms with Crippen molar-refractivity contribution in [1.82, 2.24) is 4.98 Å². The average molecular weight is 226 g/mol. The molecular formula is C13H10N2O2. The molecule has 4 nitrogen and oxygen atoms in total. The molecule has 0 aliphatic carbocycles. The fourth-order valence-corrected chi connectivity index (χ4v) is 1.53. The lowest BCUT2D eigenvalue weighted by Crippen LogP contribution is -1.95. The minimum absolute atomic E-state index is 0.461. The number of benzene rings is 1. The van der Waals surface area contributed by atoms with E-state index in [0.717, 1.165) is 11.8 Å². The Balaban J connectivity index is 2.51. The number of rotatable bonds is 3. The molecule has 0 unspecified atom stereocenters. The highest BCUT2D eigenvalue weighted by molar-refractivity contribution is 5.76. The van der Waals surface area contributed by atoms with E-state index in [1.54, 1.807) is 24.4 Å². The average Bonchev–Trinajstić information content (AvgIpc) is 2.38. The predicted molar refractivity (Wildman–Crippen MR) is 64.8 cm³/mol. The van der Waals surface area contributed by atoms with Crippen molar-refractivity contribution in [2.24, 2.45) is 0 Å². The summed E-state index contributed by atoms with van der Waals surface area (Å²) in [5, 5.41) is 10.7. The zero-order chi connectivity index (χ0) is 12.1. The molecule has 1 aromatic heterocycles. The van der Waals surface area contributed by atoms with Crippen molar-refractivity contribution in [3.8, 4) is 0 Å². The second kappa shape index (κ2) is 5.03. The van der Waals surface area contributed by atoms with Gasteiger partial charge < -0.3 is 0 Å². The van der Waals surface area contributed by atoms with E-state index in [0.29, 0.717) is 11.3 Å². The van der Waals surface area contributed by atoms with Crippen LogP contribution >= 0.6 is 0 Å². The summed E-state index contributed by atoms with van der Waals surface area (Å²) in [5.41, 5.74) is 1.88. The lowest BCUT2D eigenvalue weighted by molar-refractivity contribution is -0.401. The lowest BCUT2D eigenvalue weighted by Gasteiger charge is -2.03. The SMILES string of the molecule is O=[N+]([O-])/C=C(/c1ccccc1)c1ccccn1.